The molecule has 398 valence electrons. The van der Waals surface area contributed by atoms with Crippen LogP contribution in [0.25, 0.3) is 0 Å². The van der Waals surface area contributed by atoms with Crippen molar-refractivity contribution in [1.29, 1.82) is 0 Å². The van der Waals surface area contributed by atoms with Crippen LogP contribution >= 0.6 is 15.6 Å². The second-order valence-corrected chi connectivity index (χ2v) is 19.5. The van der Waals surface area contributed by atoms with Gasteiger partial charge in [0.15, 0.2) is 11.9 Å². The summed E-state index contributed by atoms with van der Waals surface area (Å²) in [4.78, 5) is 66.1. The molecule has 7 N–H and O–H groups in total. The van der Waals surface area contributed by atoms with E-state index in [2.05, 4.69) is 67.0 Å². The fourth-order valence-electron chi connectivity index (χ4n) is 6.72. The number of phosphoric ester groups is 2. The van der Waals surface area contributed by atoms with Crippen LogP contribution in [0.2, 0.25) is 0 Å². The van der Waals surface area contributed by atoms with Gasteiger partial charge in [0.1, 0.15) is 43.2 Å². The molecule has 1 aliphatic rings. The molecule has 0 bridgehead atoms. The summed E-state index contributed by atoms with van der Waals surface area (Å²) in [5, 5.41) is 41.3. The number of ether oxygens (including phenoxy) is 2. The van der Waals surface area contributed by atoms with Crippen molar-refractivity contribution in [2.75, 3.05) is 13.2 Å². The van der Waals surface area contributed by atoms with Gasteiger partial charge in [-0.15, -0.1) is 0 Å². The number of allylic oxidation sites excluding steroid dienone is 16. The number of aliphatic hydroxyl groups excluding tert-OH is 4. The minimum absolute atomic E-state index is 0.0538. The van der Waals surface area contributed by atoms with E-state index >= 15 is 0 Å². The van der Waals surface area contributed by atoms with Crippen molar-refractivity contribution >= 4 is 33.4 Å². The fourth-order valence-corrected chi connectivity index (χ4v) is 8.26. The maximum atomic E-state index is 13.0. The zero-order chi connectivity index (χ0) is 51.9. The van der Waals surface area contributed by atoms with E-state index in [0.717, 1.165) is 64.2 Å². The number of phosphoric acid groups is 2. The lowest BCUT2D eigenvalue weighted by Crippen LogP contribution is -2.64. The molecule has 0 spiro atoms. The highest BCUT2D eigenvalue weighted by molar-refractivity contribution is 7.47. The minimum Gasteiger partial charge on any atom is -0.462 e. The SMILES string of the molecule is CCCCC/C=C\C/C=C\C/C=C\C/C=C\CCCCCC(=O)OC[C@H](COP(=O)(O)O[C@H]1C(O)C(O)C(O)[C@@H](OP(=O)(O)O)C1O)OC(=O)CCC/C=C\C/C=C\C/C=C\C=C\C(=O)CCCCC. The van der Waals surface area contributed by atoms with E-state index in [9.17, 15) is 58.6 Å². The molecule has 0 heterocycles. The van der Waals surface area contributed by atoms with Crippen molar-refractivity contribution in [3.8, 4) is 0 Å². The summed E-state index contributed by atoms with van der Waals surface area (Å²) >= 11 is 0. The minimum atomic E-state index is -5.39. The fraction of sp³-hybridized carbons (Fsp3) is 0.627. The van der Waals surface area contributed by atoms with Crippen LogP contribution in [-0.2, 0) is 46.6 Å². The van der Waals surface area contributed by atoms with E-state index in [-0.39, 0.29) is 18.6 Å². The quantitative estimate of drug-likeness (QED) is 0.00752. The lowest BCUT2D eigenvalue weighted by atomic mass is 9.85. The van der Waals surface area contributed by atoms with Crippen LogP contribution in [0.1, 0.15) is 149 Å². The third-order valence-corrected chi connectivity index (χ3v) is 12.1. The first-order valence-electron chi connectivity index (χ1n) is 24.7. The average Bonchev–Trinajstić information content (AvgIpc) is 3.31. The first-order valence-corrected chi connectivity index (χ1v) is 27.8. The first kappa shape index (κ1) is 64.6. The number of hydrogen-bond acceptors (Lipinski definition) is 14. The van der Waals surface area contributed by atoms with E-state index in [1.807, 2.05) is 36.5 Å². The van der Waals surface area contributed by atoms with Gasteiger partial charge in [0.2, 0.25) is 0 Å². The van der Waals surface area contributed by atoms with E-state index in [1.165, 1.54) is 19.3 Å². The van der Waals surface area contributed by atoms with Crippen LogP contribution < -0.4 is 0 Å². The molecule has 0 aromatic heterocycles. The van der Waals surface area contributed by atoms with Gasteiger partial charge in [-0.1, -0.05) is 137 Å². The topological polar surface area (TPSA) is 273 Å². The van der Waals surface area contributed by atoms with Crippen LogP contribution in [-0.4, -0.2) is 109 Å². The van der Waals surface area contributed by atoms with E-state index in [1.54, 1.807) is 12.2 Å². The third-order valence-electron chi connectivity index (χ3n) is 10.6. The van der Waals surface area contributed by atoms with Crippen molar-refractivity contribution in [2.45, 2.75) is 191 Å². The summed E-state index contributed by atoms with van der Waals surface area (Å²) in [7, 11) is -10.7. The number of ketones is 1. The molecule has 0 amide bonds. The summed E-state index contributed by atoms with van der Waals surface area (Å²) in [6.45, 7) is 2.84. The van der Waals surface area contributed by atoms with Crippen LogP contribution in [0.15, 0.2) is 97.2 Å². The smallest absolute Gasteiger partial charge is 0.462 e. The Kier molecular flexibility index (Phi) is 37.0. The predicted molar refractivity (Wildman–Crippen MR) is 269 cm³/mol. The van der Waals surface area contributed by atoms with Crippen molar-refractivity contribution in [1.82, 2.24) is 0 Å². The Morgan fingerprint density at radius 3 is 1.53 bits per heavy atom. The van der Waals surface area contributed by atoms with Crippen LogP contribution in [0.3, 0.4) is 0 Å². The number of aliphatic hydroxyl groups is 4. The largest absolute Gasteiger partial charge is 0.472 e. The van der Waals surface area contributed by atoms with Gasteiger partial charge in [0, 0.05) is 19.3 Å². The van der Waals surface area contributed by atoms with E-state index in [0.29, 0.717) is 38.5 Å². The molecule has 1 rings (SSSR count). The number of carbonyl (C=O) groups excluding carboxylic acids is 3. The Bertz CT molecular complexity index is 1780. The number of unbranched alkanes of at least 4 members (excludes halogenated alkanes) is 9. The number of rotatable bonds is 40. The molecule has 1 fully saturated rings. The van der Waals surface area contributed by atoms with Gasteiger partial charge < -0.3 is 44.6 Å². The zero-order valence-corrected chi connectivity index (χ0v) is 42.9. The van der Waals surface area contributed by atoms with Crippen molar-refractivity contribution in [2.24, 2.45) is 0 Å². The Balaban J connectivity index is 2.66. The molecule has 0 radical (unpaired) electrons. The van der Waals surface area contributed by atoms with E-state index in [4.69, 9.17) is 18.5 Å². The molecular formula is C51H82O17P2. The summed E-state index contributed by atoms with van der Waals surface area (Å²) in [6, 6.07) is 0. The lowest BCUT2D eigenvalue weighted by Gasteiger charge is -2.43. The van der Waals surface area contributed by atoms with Gasteiger partial charge in [-0.3, -0.25) is 28.0 Å². The van der Waals surface area contributed by atoms with Crippen LogP contribution in [0, 0.1) is 0 Å². The Morgan fingerprint density at radius 2 is 0.971 bits per heavy atom. The van der Waals surface area contributed by atoms with Gasteiger partial charge in [-0.05, 0) is 89.5 Å². The molecule has 0 aromatic rings. The molecule has 0 aromatic carbocycles. The molecule has 19 heteroatoms. The van der Waals surface area contributed by atoms with Gasteiger partial charge in [0.25, 0.3) is 0 Å². The number of hydrogen-bond donors (Lipinski definition) is 7. The maximum Gasteiger partial charge on any atom is 0.472 e. The molecule has 8 atom stereocenters. The predicted octanol–water partition coefficient (Wildman–Crippen LogP) is 9.13. The molecule has 70 heavy (non-hydrogen) atoms. The van der Waals surface area contributed by atoms with Crippen LogP contribution in [0.4, 0.5) is 0 Å². The summed E-state index contributed by atoms with van der Waals surface area (Å²) < 4.78 is 49.3. The highest BCUT2D eigenvalue weighted by atomic mass is 31.2. The van der Waals surface area contributed by atoms with Gasteiger partial charge in [-0.25, -0.2) is 9.13 Å². The third kappa shape index (κ3) is 34.0. The molecule has 1 aliphatic carbocycles. The van der Waals surface area contributed by atoms with Gasteiger partial charge in [-0.2, -0.15) is 0 Å². The summed E-state index contributed by atoms with van der Waals surface area (Å²) in [6.07, 6.45) is 33.4. The molecular weight excluding hydrogens is 946 g/mol. The highest BCUT2D eigenvalue weighted by Gasteiger charge is 2.54. The van der Waals surface area contributed by atoms with Crippen molar-refractivity contribution < 1.29 is 81.7 Å². The first-order chi connectivity index (χ1) is 33.5. The number of carbonyl (C=O) groups is 3. The summed E-state index contributed by atoms with van der Waals surface area (Å²) in [5.41, 5.74) is 0. The Labute approximate surface area is 415 Å². The standard InChI is InChI=1S/C51H82O17P2/c1-3-5-7-8-9-10-11-12-13-14-15-16-17-18-21-24-27-30-34-38-44(53)64-40-43(41-65-70(62,63)68-51-48(57)46(55)47(56)50(49(51)58)67-69(59,60)61)66-45(54)39-35-31-28-25-22-19-20-23-26-29-33-37-42(52)36-32-6-4-2/h9-10,12-13,15-16,18-21,25-26,28-29,33,37,43,46-51,55-58H,3-8,11,14,17,22-24,27,30-32,34-36,38-41H2,1-2H3,(H,62,63)(H2,59,60,61)/b10-9-,13-12-,16-15-,20-19-,21-18-,28-25-,29-26-,37-33+/t43-,46?,47?,48?,49?,50-,51+/m1/s1. The molecule has 0 aliphatic heterocycles. The van der Waals surface area contributed by atoms with Crippen LogP contribution in [0.5, 0.6) is 0 Å². The Morgan fingerprint density at radius 1 is 0.500 bits per heavy atom. The zero-order valence-electron chi connectivity index (χ0n) is 41.1. The Hall–Kier alpha value is -3.41. The molecule has 0 saturated heterocycles. The lowest BCUT2D eigenvalue weighted by molar-refractivity contribution is -0.216. The molecule has 17 nitrogen and oxygen atoms in total. The summed E-state index contributed by atoms with van der Waals surface area (Å²) in [5.74, 6) is -1.23. The second kappa shape index (κ2) is 40.1. The van der Waals surface area contributed by atoms with Crippen molar-refractivity contribution in [3.63, 3.8) is 0 Å². The second-order valence-electron chi connectivity index (χ2n) is 16.9. The average molecular weight is 1030 g/mol. The normalized spacial score (nSPS) is 21.7. The van der Waals surface area contributed by atoms with Gasteiger partial charge in [0.05, 0.1) is 6.61 Å². The van der Waals surface area contributed by atoms with E-state index < -0.39 is 83.5 Å². The molecule has 1 saturated carbocycles. The van der Waals surface area contributed by atoms with Gasteiger partial charge >= 0.3 is 27.6 Å². The molecule has 5 unspecified atom stereocenters. The highest BCUT2D eigenvalue weighted by Crippen LogP contribution is 2.49. The monoisotopic (exact) mass is 1030 g/mol. The van der Waals surface area contributed by atoms with Crippen molar-refractivity contribution in [3.05, 3.63) is 97.2 Å². The maximum absolute atomic E-state index is 13.0. The number of esters is 2.